The van der Waals surface area contributed by atoms with Gasteiger partial charge in [0.05, 0.1) is 13.2 Å². The molecule has 0 radical (unpaired) electrons. The van der Waals surface area contributed by atoms with E-state index >= 15 is 0 Å². The Kier molecular flexibility index (Phi) is 13.9. The standard InChI is InChI=1S/C16H34O6S2/c1-3-5-7-9-11-13-15-21-23(17,18)24(19,20)22-16-14-12-10-8-6-4-2/h3-16H2,1-2H3. The van der Waals surface area contributed by atoms with Gasteiger partial charge in [0.15, 0.2) is 0 Å². The summed E-state index contributed by atoms with van der Waals surface area (Å²) in [6, 6.07) is 0. The van der Waals surface area contributed by atoms with E-state index in [1.807, 2.05) is 0 Å². The summed E-state index contributed by atoms with van der Waals surface area (Å²) in [6.07, 6.45) is 11.5. The van der Waals surface area contributed by atoms with Gasteiger partial charge in [-0.3, -0.25) is 8.37 Å². The summed E-state index contributed by atoms with van der Waals surface area (Å²) >= 11 is 0. The lowest BCUT2D eigenvalue weighted by Gasteiger charge is -2.07. The van der Waals surface area contributed by atoms with Crippen molar-refractivity contribution in [3.05, 3.63) is 0 Å². The fraction of sp³-hybridized carbons (Fsp3) is 1.00. The van der Waals surface area contributed by atoms with Gasteiger partial charge in [-0.15, -0.1) is 0 Å². The maximum absolute atomic E-state index is 11.7. The van der Waals surface area contributed by atoms with Crippen LogP contribution in [0.5, 0.6) is 0 Å². The van der Waals surface area contributed by atoms with Gasteiger partial charge in [0, 0.05) is 0 Å². The molecule has 6 nitrogen and oxygen atoms in total. The molecule has 0 unspecified atom stereocenters. The second-order valence-corrected chi connectivity index (χ2v) is 10.5. The van der Waals surface area contributed by atoms with Crippen LogP contribution < -0.4 is 0 Å². The van der Waals surface area contributed by atoms with Crippen LogP contribution in [0.3, 0.4) is 0 Å². The molecule has 0 bridgehead atoms. The molecule has 0 saturated heterocycles. The molecule has 0 amide bonds. The lowest BCUT2D eigenvalue weighted by atomic mass is 10.1. The highest BCUT2D eigenvalue weighted by molar-refractivity contribution is 8.63. The first kappa shape index (κ1) is 23.8. The Morgan fingerprint density at radius 2 is 0.792 bits per heavy atom. The van der Waals surface area contributed by atoms with Crippen LogP contribution in [0.1, 0.15) is 90.9 Å². The Hall–Kier alpha value is -0.180. The number of rotatable bonds is 17. The molecule has 0 aromatic rings. The summed E-state index contributed by atoms with van der Waals surface area (Å²) in [4.78, 5) is 0. The average molecular weight is 387 g/mol. The largest absolute Gasteiger partial charge is 0.400 e. The van der Waals surface area contributed by atoms with Gasteiger partial charge in [-0.1, -0.05) is 78.1 Å². The summed E-state index contributed by atoms with van der Waals surface area (Å²) in [5.41, 5.74) is 0. The zero-order valence-electron chi connectivity index (χ0n) is 15.2. The fourth-order valence-corrected chi connectivity index (χ4v) is 4.20. The molecule has 0 aromatic carbocycles. The second kappa shape index (κ2) is 14.0. The summed E-state index contributed by atoms with van der Waals surface area (Å²) in [7, 11) is -9.42. The summed E-state index contributed by atoms with van der Waals surface area (Å²) in [6.45, 7) is 4.00. The molecule has 0 aliphatic rings. The summed E-state index contributed by atoms with van der Waals surface area (Å²) in [5, 5.41) is 0. The molecule has 0 fully saturated rings. The van der Waals surface area contributed by atoms with Gasteiger partial charge >= 0.3 is 18.3 Å². The molecule has 0 aromatic heterocycles. The van der Waals surface area contributed by atoms with Gasteiger partial charge in [-0.05, 0) is 12.8 Å². The molecule has 0 saturated carbocycles. The molecule has 0 N–H and O–H groups in total. The van der Waals surface area contributed by atoms with Crippen molar-refractivity contribution < 1.29 is 25.2 Å². The van der Waals surface area contributed by atoms with E-state index in [2.05, 4.69) is 22.2 Å². The quantitative estimate of drug-likeness (QED) is 0.273. The Balaban J connectivity index is 3.91. The van der Waals surface area contributed by atoms with Crippen molar-refractivity contribution >= 4 is 18.3 Å². The van der Waals surface area contributed by atoms with Crippen molar-refractivity contribution in [2.45, 2.75) is 90.9 Å². The highest BCUT2D eigenvalue weighted by atomic mass is 33.2. The minimum absolute atomic E-state index is 0.117. The van der Waals surface area contributed by atoms with Gasteiger partial charge in [0.25, 0.3) is 0 Å². The van der Waals surface area contributed by atoms with Crippen LogP contribution in [0.25, 0.3) is 0 Å². The summed E-state index contributed by atoms with van der Waals surface area (Å²) < 4.78 is 55.8. The van der Waals surface area contributed by atoms with Crippen molar-refractivity contribution in [3.8, 4) is 0 Å². The van der Waals surface area contributed by atoms with Gasteiger partial charge in [0.2, 0.25) is 0 Å². The summed E-state index contributed by atoms with van der Waals surface area (Å²) in [5.74, 6) is 0. The average Bonchev–Trinajstić information content (AvgIpc) is 2.53. The van der Waals surface area contributed by atoms with Gasteiger partial charge in [-0.25, -0.2) is 0 Å². The zero-order chi connectivity index (χ0) is 18.3. The second-order valence-electron chi connectivity index (χ2n) is 6.00. The van der Waals surface area contributed by atoms with E-state index in [4.69, 9.17) is 0 Å². The van der Waals surface area contributed by atoms with E-state index < -0.39 is 18.3 Å². The molecule has 0 heterocycles. The molecular weight excluding hydrogens is 352 g/mol. The smallest absolute Gasteiger partial charge is 0.257 e. The fourth-order valence-electron chi connectivity index (χ4n) is 2.20. The molecule has 146 valence electrons. The Labute approximate surface area is 148 Å². The molecule has 24 heavy (non-hydrogen) atoms. The maximum Gasteiger partial charge on any atom is 0.400 e. The predicted molar refractivity (Wildman–Crippen MR) is 96.5 cm³/mol. The normalized spacial score (nSPS) is 12.6. The van der Waals surface area contributed by atoms with E-state index in [1.54, 1.807) is 0 Å². The van der Waals surface area contributed by atoms with Crippen LogP contribution in [-0.2, 0) is 26.7 Å². The Morgan fingerprint density at radius 3 is 1.12 bits per heavy atom. The lowest BCUT2D eigenvalue weighted by molar-refractivity contribution is 0.291. The molecule has 0 aliphatic heterocycles. The van der Waals surface area contributed by atoms with E-state index in [1.165, 1.54) is 0 Å². The van der Waals surface area contributed by atoms with Gasteiger partial charge in [0.1, 0.15) is 0 Å². The Bertz CT molecular complexity index is 439. The monoisotopic (exact) mass is 386 g/mol. The minimum Gasteiger partial charge on any atom is -0.257 e. The van der Waals surface area contributed by atoms with Crippen molar-refractivity contribution in [3.63, 3.8) is 0 Å². The van der Waals surface area contributed by atoms with Crippen LogP contribution in [0.15, 0.2) is 0 Å². The van der Waals surface area contributed by atoms with E-state index in [0.717, 1.165) is 64.2 Å². The molecule has 0 spiro atoms. The number of hydrogen-bond donors (Lipinski definition) is 0. The first-order valence-electron chi connectivity index (χ1n) is 9.16. The van der Waals surface area contributed by atoms with Gasteiger partial charge < -0.3 is 0 Å². The van der Waals surface area contributed by atoms with E-state index in [9.17, 15) is 16.8 Å². The van der Waals surface area contributed by atoms with Crippen molar-refractivity contribution in [1.29, 1.82) is 0 Å². The molecule has 8 heteroatoms. The maximum atomic E-state index is 11.7. The first-order chi connectivity index (χ1) is 11.4. The van der Waals surface area contributed by atoms with Crippen molar-refractivity contribution in [1.82, 2.24) is 0 Å². The SMILES string of the molecule is CCCCCCCCOS(=O)(=O)S(=O)(=O)OCCCCCCCC. The van der Waals surface area contributed by atoms with Gasteiger partial charge in [-0.2, -0.15) is 16.8 Å². The molecule has 0 rings (SSSR count). The number of hydrogen-bond acceptors (Lipinski definition) is 6. The van der Waals surface area contributed by atoms with Crippen LogP contribution in [0, 0.1) is 0 Å². The Morgan fingerprint density at radius 1 is 0.500 bits per heavy atom. The topological polar surface area (TPSA) is 86.7 Å². The third-order valence-corrected chi connectivity index (χ3v) is 7.19. The first-order valence-corrected chi connectivity index (χ1v) is 12.5. The van der Waals surface area contributed by atoms with Crippen LogP contribution >= 0.6 is 0 Å². The third kappa shape index (κ3) is 11.4. The highest BCUT2D eigenvalue weighted by Crippen LogP contribution is 2.12. The highest BCUT2D eigenvalue weighted by Gasteiger charge is 2.32. The van der Waals surface area contributed by atoms with Crippen molar-refractivity contribution in [2.75, 3.05) is 13.2 Å². The third-order valence-electron chi connectivity index (χ3n) is 3.70. The van der Waals surface area contributed by atoms with E-state index in [-0.39, 0.29) is 13.2 Å². The lowest BCUT2D eigenvalue weighted by Crippen LogP contribution is -2.22. The van der Waals surface area contributed by atoms with Crippen LogP contribution in [0.2, 0.25) is 0 Å². The van der Waals surface area contributed by atoms with E-state index in [0.29, 0.717) is 12.8 Å². The predicted octanol–water partition coefficient (Wildman–Crippen LogP) is 4.32. The van der Waals surface area contributed by atoms with Crippen LogP contribution in [-0.4, -0.2) is 30.0 Å². The molecule has 0 aliphatic carbocycles. The number of unbranched alkanes of at least 4 members (excludes halogenated alkanes) is 10. The zero-order valence-corrected chi connectivity index (χ0v) is 16.8. The molecule has 0 atom stereocenters. The minimum atomic E-state index is -4.71. The van der Waals surface area contributed by atoms with Crippen molar-refractivity contribution in [2.24, 2.45) is 0 Å². The van der Waals surface area contributed by atoms with Crippen LogP contribution in [0.4, 0.5) is 0 Å². The molecular formula is C16H34O6S2.